The van der Waals surface area contributed by atoms with Gasteiger partial charge in [-0.3, -0.25) is 0 Å². The summed E-state index contributed by atoms with van der Waals surface area (Å²) in [5.74, 6) is 2.10. The van der Waals surface area contributed by atoms with E-state index in [2.05, 4.69) is 41.2 Å². The largest absolute Gasteiger partial charge is 0.407 e. The summed E-state index contributed by atoms with van der Waals surface area (Å²) in [5, 5.41) is 11.5. The van der Waals surface area contributed by atoms with Crippen LogP contribution in [0.15, 0.2) is 4.42 Å². The topological polar surface area (TPSA) is 54.2 Å². The van der Waals surface area contributed by atoms with Crippen molar-refractivity contribution in [2.24, 2.45) is 11.8 Å². The zero-order chi connectivity index (χ0) is 13.0. The predicted molar refractivity (Wildman–Crippen MR) is 71.5 cm³/mol. The van der Waals surface area contributed by atoms with Crippen molar-refractivity contribution in [1.82, 2.24) is 15.5 Å². The van der Waals surface area contributed by atoms with Gasteiger partial charge in [-0.1, -0.05) is 32.3 Å². The maximum atomic E-state index is 5.68. The molecular weight excluding hydrogens is 228 g/mol. The van der Waals surface area contributed by atoms with Crippen LogP contribution in [0.5, 0.6) is 0 Å². The number of hydrogen-bond donors (Lipinski definition) is 1. The van der Waals surface area contributed by atoms with E-state index in [4.69, 9.17) is 4.42 Å². The molecule has 2 heterocycles. The van der Waals surface area contributed by atoms with Crippen molar-refractivity contribution >= 4 is 6.01 Å². The first kappa shape index (κ1) is 13.3. The van der Waals surface area contributed by atoms with Gasteiger partial charge in [0.05, 0.1) is 6.54 Å². The SMILES string of the molecule is CCC1CCN(c2nnc(CNCC(C)C)o2)C1. The van der Waals surface area contributed by atoms with Gasteiger partial charge in [0.15, 0.2) is 0 Å². The molecule has 0 spiro atoms. The lowest BCUT2D eigenvalue weighted by Gasteiger charge is -2.11. The molecule has 0 radical (unpaired) electrons. The lowest BCUT2D eigenvalue weighted by atomic mass is 10.1. The smallest absolute Gasteiger partial charge is 0.318 e. The van der Waals surface area contributed by atoms with Gasteiger partial charge in [-0.25, -0.2) is 0 Å². The van der Waals surface area contributed by atoms with E-state index in [9.17, 15) is 0 Å². The van der Waals surface area contributed by atoms with Gasteiger partial charge in [0.25, 0.3) is 0 Å². The molecule has 1 aromatic rings. The third-order valence-corrected chi connectivity index (χ3v) is 3.42. The minimum absolute atomic E-state index is 0.635. The van der Waals surface area contributed by atoms with Crippen LogP contribution in [-0.4, -0.2) is 29.8 Å². The molecule has 18 heavy (non-hydrogen) atoms. The summed E-state index contributed by atoms with van der Waals surface area (Å²) in [6, 6.07) is 0.687. The molecule has 1 aliphatic heterocycles. The van der Waals surface area contributed by atoms with Crippen molar-refractivity contribution in [3.63, 3.8) is 0 Å². The van der Waals surface area contributed by atoms with Crippen molar-refractivity contribution in [2.75, 3.05) is 24.5 Å². The molecule has 1 fully saturated rings. The lowest BCUT2D eigenvalue weighted by molar-refractivity contribution is 0.449. The molecule has 5 nitrogen and oxygen atoms in total. The van der Waals surface area contributed by atoms with Crippen molar-refractivity contribution in [2.45, 2.75) is 40.2 Å². The fourth-order valence-corrected chi connectivity index (χ4v) is 2.25. The Labute approximate surface area is 109 Å². The number of nitrogens with zero attached hydrogens (tertiary/aromatic N) is 3. The number of aromatic nitrogens is 2. The first-order chi connectivity index (χ1) is 8.69. The molecule has 1 aliphatic rings. The molecule has 0 bridgehead atoms. The fourth-order valence-electron chi connectivity index (χ4n) is 2.25. The first-order valence-electron chi connectivity index (χ1n) is 6.97. The van der Waals surface area contributed by atoms with Crippen LogP contribution < -0.4 is 10.2 Å². The number of nitrogens with one attached hydrogen (secondary N) is 1. The Morgan fingerprint density at radius 1 is 1.44 bits per heavy atom. The van der Waals surface area contributed by atoms with Gasteiger partial charge in [0.1, 0.15) is 0 Å². The van der Waals surface area contributed by atoms with Crippen molar-refractivity contribution in [1.29, 1.82) is 0 Å². The molecule has 1 N–H and O–H groups in total. The van der Waals surface area contributed by atoms with Gasteiger partial charge in [-0.2, -0.15) is 0 Å². The highest BCUT2D eigenvalue weighted by molar-refractivity contribution is 5.26. The zero-order valence-electron chi connectivity index (χ0n) is 11.6. The zero-order valence-corrected chi connectivity index (χ0v) is 11.6. The van der Waals surface area contributed by atoms with Crippen LogP contribution in [-0.2, 0) is 6.54 Å². The molecule has 1 saturated heterocycles. The average Bonchev–Trinajstić information content (AvgIpc) is 2.95. The quantitative estimate of drug-likeness (QED) is 0.839. The molecule has 5 heteroatoms. The molecule has 1 atom stereocenters. The maximum absolute atomic E-state index is 5.68. The second-order valence-electron chi connectivity index (χ2n) is 5.51. The molecule has 0 aliphatic carbocycles. The molecule has 102 valence electrons. The van der Waals surface area contributed by atoms with Gasteiger partial charge in [-0.15, -0.1) is 5.10 Å². The van der Waals surface area contributed by atoms with Crippen LogP contribution >= 0.6 is 0 Å². The van der Waals surface area contributed by atoms with Crippen LogP contribution in [0.25, 0.3) is 0 Å². The van der Waals surface area contributed by atoms with Crippen molar-refractivity contribution in [3.8, 4) is 0 Å². The highest BCUT2D eigenvalue weighted by Crippen LogP contribution is 2.24. The fraction of sp³-hybridized carbons (Fsp3) is 0.846. The standard InChI is InChI=1S/C13H24N4O/c1-4-11-5-6-17(9-11)13-16-15-12(18-13)8-14-7-10(2)3/h10-11,14H,4-9H2,1-3H3. The van der Waals surface area contributed by atoms with Gasteiger partial charge in [0.2, 0.25) is 5.89 Å². The number of anilines is 1. The number of hydrogen-bond acceptors (Lipinski definition) is 5. The molecule has 0 amide bonds. The molecule has 0 saturated carbocycles. The molecule has 1 unspecified atom stereocenters. The van der Waals surface area contributed by atoms with Crippen LogP contribution in [0, 0.1) is 11.8 Å². The summed E-state index contributed by atoms with van der Waals surface area (Å²) < 4.78 is 5.68. The summed E-state index contributed by atoms with van der Waals surface area (Å²) in [6.07, 6.45) is 2.47. The van der Waals surface area contributed by atoms with Gasteiger partial charge in [-0.05, 0) is 24.8 Å². The van der Waals surface area contributed by atoms with E-state index in [1.807, 2.05) is 0 Å². The minimum atomic E-state index is 0.635. The number of rotatable bonds is 6. The van der Waals surface area contributed by atoms with Gasteiger partial charge >= 0.3 is 6.01 Å². The summed E-state index contributed by atoms with van der Waals surface area (Å²) in [5.41, 5.74) is 0. The third-order valence-electron chi connectivity index (χ3n) is 3.42. The monoisotopic (exact) mass is 252 g/mol. The van der Waals surface area contributed by atoms with E-state index in [-0.39, 0.29) is 0 Å². The van der Waals surface area contributed by atoms with Gasteiger partial charge in [0, 0.05) is 13.1 Å². The summed E-state index contributed by atoms with van der Waals surface area (Å²) in [4.78, 5) is 2.20. The van der Waals surface area contributed by atoms with E-state index >= 15 is 0 Å². The molecule has 0 aromatic carbocycles. The maximum Gasteiger partial charge on any atom is 0.318 e. The minimum Gasteiger partial charge on any atom is -0.407 e. The second kappa shape index (κ2) is 6.18. The van der Waals surface area contributed by atoms with Crippen LogP contribution in [0.4, 0.5) is 6.01 Å². The van der Waals surface area contributed by atoms with E-state index in [1.54, 1.807) is 0 Å². The Morgan fingerprint density at radius 2 is 2.28 bits per heavy atom. The van der Waals surface area contributed by atoms with E-state index in [0.29, 0.717) is 24.4 Å². The Morgan fingerprint density at radius 3 is 2.94 bits per heavy atom. The van der Waals surface area contributed by atoms with Crippen molar-refractivity contribution in [3.05, 3.63) is 5.89 Å². The Balaban J connectivity index is 1.83. The van der Waals surface area contributed by atoms with Gasteiger partial charge < -0.3 is 14.6 Å². The summed E-state index contributed by atoms with van der Waals surface area (Å²) >= 11 is 0. The Bertz CT molecular complexity index is 364. The normalized spacial score (nSPS) is 20.0. The van der Waals surface area contributed by atoms with E-state index in [0.717, 1.165) is 25.6 Å². The highest BCUT2D eigenvalue weighted by Gasteiger charge is 2.24. The Hall–Kier alpha value is -1.10. The van der Waals surface area contributed by atoms with E-state index in [1.165, 1.54) is 12.8 Å². The second-order valence-corrected chi connectivity index (χ2v) is 5.51. The van der Waals surface area contributed by atoms with Crippen LogP contribution in [0.3, 0.4) is 0 Å². The lowest BCUT2D eigenvalue weighted by Crippen LogP contribution is -2.20. The average molecular weight is 252 g/mol. The first-order valence-corrected chi connectivity index (χ1v) is 6.97. The van der Waals surface area contributed by atoms with E-state index < -0.39 is 0 Å². The third kappa shape index (κ3) is 3.45. The molecule has 2 rings (SSSR count). The molecule has 1 aromatic heterocycles. The summed E-state index contributed by atoms with van der Waals surface area (Å²) in [6.45, 7) is 10.3. The highest BCUT2D eigenvalue weighted by atomic mass is 16.4. The summed E-state index contributed by atoms with van der Waals surface area (Å²) in [7, 11) is 0. The van der Waals surface area contributed by atoms with Crippen molar-refractivity contribution < 1.29 is 4.42 Å². The molecular formula is C13H24N4O. The van der Waals surface area contributed by atoms with Crippen LogP contribution in [0.2, 0.25) is 0 Å². The predicted octanol–water partition coefficient (Wildman–Crippen LogP) is 2.05. The Kier molecular flexibility index (Phi) is 4.58. The van der Waals surface area contributed by atoms with Crippen LogP contribution in [0.1, 0.15) is 39.5 Å².